The minimum Gasteiger partial charge on any atom is -0.299 e. The van der Waals surface area contributed by atoms with Crippen molar-refractivity contribution in [3.05, 3.63) is 35.1 Å². The molecule has 1 nitrogen and oxygen atoms in total. The summed E-state index contributed by atoms with van der Waals surface area (Å²) < 4.78 is 14.2. The van der Waals surface area contributed by atoms with Gasteiger partial charge >= 0.3 is 0 Å². The van der Waals surface area contributed by atoms with Gasteiger partial charge in [0, 0.05) is 6.54 Å². The molecule has 2 rings (SSSR count). The third-order valence-electron chi connectivity index (χ3n) is 3.95. The fourth-order valence-corrected chi connectivity index (χ4v) is 2.82. The predicted molar refractivity (Wildman–Crippen MR) is 78.8 cm³/mol. The predicted octanol–water partition coefficient (Wildman–Crippen LogP) is 4.50. The van der Waals surface area contributed by atoms with Gasteiger partial charge in [0.15, 0.2) is 0 Å². The molecule has 0 aromatic heterocycles. The van der Waals surface area contributed by atoms with Crippen LogP contribution in [0.5, 0.6) is 0 Å². The van der Waals surface area contributed by atoms with Gasteiger partial charge in [0.1, 0.15) is 5.82 Å². The molecule has 1 aromatic carbocycles. The lowest BCUT2D eigenvalue weighted by molar-refractivity contribution is 0.276. The molecule has 106 valence electrons. The standard InChI is InChI=1S/C17H26FN/c1-17(2,3)15-9-8-14(12-16(15)18)13-19-10-6-4-5-7-11-19/h8-9,12H,4-7,10-11,13H2,1-3H3. The van der Waals surface area contributed by atoms with Gasteiger partial charge in [0.05, 0.1) is 0 Å². The van der Waals surface area contributed by atoms with E-state index in [1.165, 1.54) is 25.7 Å². The van der Waals surface area contributed by atoms with Crippen LogP contribution in [0.3, 0.4) is 0 Å². The van der Waals surface area contributed by atoms with Gasteiger partial charge in [-0.2, -0.15) is 0 Å². The molecule has 0 amide bonds. The molecule has 0 N–H and O–H groups in total. The van der Waals surface area contributed by atoms with Crippen molar-refractivity contribution < 1.29 is 4.39 Å². The lowest BCUT2D eigenvalue weighted by Gasteiger charge is -2.22. The van der Waals surface area contributed by atoms with Crippen molar-refractivity contribution in [3.63, 3.8) is 0 Å². The third-order valence-corrected chi connectivity index (χ3v) is 3.95. The fraction of sp³-hybridized carbons (Fsp3) is 0.647. The normalized spacial score (nSPS) is 18.3. The van der Waals surface area contributed by atoms with Crippen molar-refractivity contribution in [2.45, 2.75) is 58.4 Å². The molecule has 19 heavy (non-hydrogen) atoms. The van der Waals surface area contributed by atoms with E-state index >= 15 is 0 Å². The zero-order valence-electron chi connectivity index (χ0n) is 12.5. The van der Waals surface area contributed by atoms with Crippen LogP contribution in [0.4, 0.5) is 4.39 Å². The molecule has 1 saturated heterocycles. The molecule has 0 atom stereocenters. The first-order valence-corrected chi connectivity index (χ1v) is 7.48. The number of hydrogen-bond donors (Lipinski definition) is 0. The zero-order valence-corrected chi connectivity index (χ0v) is 12.5. The first-order valence-electron chi connectivity index (χ1n) is 7.48. The molecular weight excluding hydrogens is 237 g/mol. The maximum atomic E-state index is 14.2. The van der Waals surface area contributed by atoms with E-state index in [4.69, 9.17) is 0 Å². The molecule has 1 fully saturated rings. The molecule has 1 aliphatic heterocycles. The van der Waals surface area contributed by atoms with E-state index in [1.54, 1.807) is 6.07 Å². The topological polar surface area (TPSA) is 3.24 Å². The molecule has 0 aliphatic carbocycles. The summed E-state index contributed by atoms with van der Waals surface area (Å²) in [6, 6.07) is 5.78. The first kappa shape index (κ1) is 14.5. The summed E-state index contributed by atoms with van der Waals surface area (Å²) >= 11 is 0. The fourth-order valence-electron chi connectivity index (χ4n) is 2.82. The van der Waals surface area contributed by atoms with Crippen LogP contribution in [0.2, 0.25) is 0 Å². The molecule has 1 aromatic rings. The number of rotatable bonds is 2. The summed E-state index contributed by atoms with van der Waals surface area (Å²) in [4.78, 5) is 2.46. The van der Waals surface area contributed by atoms with E-state index in [9.17, 15) is 4.39 Å². The van der Waals surface area contributed by atoms with Gasteiger partial charge in [-0.15, -0.1) is 0 Å². The smallest absolute Gasteiger partial charge is 0.127 e. The quantitative estimate of drug-likeness (QED) is 0.759. The van der Waals surface area contributed by atoms with Crippen LogP contribution in [0.25, 0.3) is 0 Å². The summed E-state index contributed by atoms with van der Waals surface area (Å²) in [5, 5.41) is 0. The van der Waals surface area contributed by atoms with Crippen LogP contribution in [0.15, 0.2) is 18.2 Å². The van der Waals surface area contributed by atoms with Gasteiger partial charge in [0.25, 0.3) is 0 Å². The highest BCUT2D eigenvalue weighted by atomic mass is 19.1. The van der Waals surface area contributed by atoms with Crippen LogP contribution >= 0.6 is 0 Å². The van der Waals surface area contributed by atoms with Gasteiger partial charge in [0.2, 0.25) is 0 Å². The summed E-state index contributed by atoms with van der Waals surface area (Å²) in [5.41, 5.74) is 1.80. The highest BCUT2D eigenvalue weighted by Gasteiger charge is 2.19. The summed E-state index contributed by atoms with van der Waals surface area (Å²) in [6.45, 7) is 9.37. The van der Waals surface area contributed by atoms with Crippen molar-refractivity contribution in [1.29, 1.82) is 0 Å². The van der Waals surface area contributed by atoms with E-state index in [1.807, 2.05) is 6.07 Å². The summed E-state index contributed by atoms with van der Waals surface area (Å²) in [6.07, 6.45) is 5.24. The second kappa shape index (κ2) is 6.04. The van der Waals surface area contributed by atoms with E-state index in [0.29, 0.717) is 0 Å². The number of nitrogens with zero attached hydrogens (tertiary/aromatic N) is 1. The molecule has 1 heterocycles. The molecule has 2 heteroatoms. The van der Waals surface area contributed by atoms with Gasteiger partial charge in [-0.25, -0.2) is 4.39 Å². The maximum absolute atomic E-state index is 14.2. The Morgan fingerprint density at radius 1 is 1.05 bits per heavy atom. The second-order valence-electron chi connectivity index (χ2n) is 6.75. The van der Waals surface area contributed by atoms with Gasteiger partial charge in [-0.3, -0.25) is 4.90 Å². The van der Waals surface area contributed by atoms with Gasteiger partial charge < -0.3 is 0 Å². The van der Waals surface area contributed by atoms with E-state index < -0.39 is 0 Å². The Morgan fingerprint density at radius 3 is 2.21 bits per heavy atom. The monoisotopic (exact) mass is 263 g/mol. The van der Waals surface area contributed by atoms with E-state index in [2.05, 4.69) is 31.7 Å². The molecule has 0 unspecified atom stereocenters. The average molecular weight is 263 g/mol. The van der Waals surface area contributed by atoms with Crippen molar-refractivity contribution in [2.75, 3.05) is 13.1 Å². The molecule has 0 bridgehead atoms. The van der Waals surface area contributed by atoms with Crippen molar-refractivity contribution in [2.24, 2.45) is 0 Å². The maximum Gasteiger partial charge on any atom is 0.127 e. The Labute approximate surface area is 116 Å². The van der Waals surface area contributed by atoms with Crippen LogP contribution < -0.4 is 0 Å². The minimum absolute atomic E-state index is 0.0557. The zero-order chi connectivity index (χ0) is 13.9. The lowest BCUT2D eigenvalue weighted by atomic mass is 9.86. The molecule has 0 saturated carbocycles. The van der Waals surface area contributed by atoms with E-state index in [0.717, 1.165) is 30.8 Å². The SMILES string of the molecule is CC(C)(C)c1ccc(CN2CCCCCC2)cc1F. The van der Waals surface area contributed by atoms with Gasteiger partial charge in [-0.1, -0.05) is 45.7 Å². The highest BCUT2D eigenvalue weighted by Crippen LogP contribution is 2.26. The Kier molecular flexibility index (Phi) is 4.62. The number of hydrogen-bond acceptors (Lipinski definition) is 1. The number of benzene rings is 1. The molecule has 0 radical (unpaired) electrons. The largest absolute Gasteiger partial charge is 0.299 e. The lowest BCUT2D eigenvalue weighted by Crippen LogP contribution is -2.24. The summed E-state index contributed by atoms with van der Waals surface area (Å²) in [5.74, 6) is -0.0557. The second-order valence-corrected chi connectivity index (χ2v) is 6.75. The Hall–Kier alpha value is -0.890. The van der Waals surface area contributed by atoms with Crippen LogP contribution in [-0.2, 0) is 12.0 Å². The molecule has 0 spiro atoms. The van der Waals surface area contributed by atoms with Crippen LogP contribution in [0, 0.1) is 5.82 Å². The van der Waals surface area contributed by atoms with Crippen molar-refractivity contribution in [3.8, 4) is 0 Å². The average Bonchev–Trinajstić information content (AvgIpc) is 2.56. The number of likely N-dealkylation sites (tertiary alicyclic amines) is 1. The third kappa shape index (κ3) is 4.04. The minimum atomic E-state index is -0.120. The van der Waals surface area contributed by atoms with Crippen LogP contribution in [0.1, 0.15) is 57.6 Å². The Bertz CT molecular complexity index is 412. The highest BCUT2D eigenvalue weighted by molar-refractivity contribution is 5.29. The van der Waals surface area contributed by atoms with Crippen molar-refractivity contribution in [1.82, 2.24) is 4.90 Å². The van der Waals surface area contributed by atoms with Crippen molar-refractivity contribution >= 4 is 0 Å². The molecular formula is C17H26FN. The Balaban J connectivity index is 2.07. The molecule has 1 aliphatic rings. The number of halogens is 1. The first-order chi connectivity index (χ1) is 8.97. The van der Waals surface area contributed by atoms with Crippen LogP contribution in [-0.4, -0.2) is 18.0 Å². The summed E-state index contributed by atoms with van der Waals surface area (Å²) in [7, 11) is 0. The van der Waals surface area contributed by atoms with Gasteiger partial charge in [-0.05, 0) is 48.5 Å². The Morgan fingerprint density at radius 2 is 1.68 bits per heavy atom. The van der Waals surface area contributed by atoms with E-state index in [-0.39, 0.29) is 11.2 Å².